The number of ether oxygens (including phenoxy) is 1. The Labute approximate surface area is 151 Å². The molecule has 0 bridgehead atoms. The van der Waals surface area contributed by atoms with E-state index in [2.05, 4.69) is 0 Å². The second-order valence-electron chi connectivity index (χ2n) is 6.67. The summed E-state index contributed by atoms with van der Waals surface area (Å²) in [5.41, 5.74) is 3.81. The molecule has 0 saturated heterocycles. The third kappa shape index (κ3) is 2.28. The molecule has 0 aliphatic carbocycles. The summed E-state index contributed by atoms with van der Waals surface area (Å²) in [5, 5.41) is 0.826. The molecule has 0 unspecified atom stereocenters. The SMILES string of the molecule is COC[C@@H](c1ccccc1)N1C(=O)c2cc(C)c3c(ccn3C)c2C1=O. The topological polar surface area (TPSA) is 51.5 Å². The van der Waals surface area contributed by atoms with Crippen LogP contribution in [-0.2, 0) is 11.8 Å². The molecule has 1 atom stereocenters. The van der Waals surface area contributed by atoms with E-state index >= 15 is 0 Å². The van der Waals surface area contributed by atoms with E-state index in [9.17, 15) is 9.59 Å². The van der Waals surface area contributed by atoms with Gasteiger partial charge < -0.3 is 9.30 Å². The van der Waals surface area contributed by atoms with Crippen LogP contribution in [0, 0.1) is 6.92 Å². The molecule has 26 heavy (non-hydrogen) atoms. The highest BCUT2D eigenvalue weighted by atomic mass is 16.5. The number of carbonyl (C=O) groups excluding carboxylic acids is 2. The smallest absolute Gasteiger partial charge is 0.262 e. The van der Waals surface area contributed by atoms with Crippen molar-refractivity contribution >= 4 is 22.7 Å². The Morgan fingerprint density at radius 2 is 1.81 bits per heavy atom. The number of rotatable bonds is 4. The lowest BCUT2D eigenvalue weighted by atomic mass is 10.0. The third-order valence-corrected chi connectivity index (χ3v) is 5.05. The number of benzene rings is 2. The molecule has 2 amide bonds. The minimum atomic E-state index is -0.451. The van der Waals surface area contributed by atoms with Gasteiger partial charge in [0.1, 0.15) is 0 Å². The summed E-state index contributed by atoms with van der Waals surface area (Å²) in [4.78, 5) is 27.8. The average molecular weight is 348 g/mol. The van der Waals surface area contributed by atoms with Crippen LogP contribution in [0.15, 0.2) is 48.7 Å². The van der Waals surface area contributed by atoms with Crippen LogP contribution in [-0.4, -0.2) is 35.0 Å². The molecule has 1 aliphatic rings. The number of methoxy groups -OCH3 is 1. The van der Waals surface area contributed by atoms with E-state index < -0.39 is 6.04 Å². The van der Waals surface area contributed by atoms with Crippen molar-refractivity contribution in [2.45, 2.75) is 13.0 Å². The van der Waals surface area contributed by atoms with Crippen LogP contribution in [0.5, 0.6) is 0 Å². The Kier molecular flexibility index (Phi) is 3.89. The number of aryl methyl sites for hydroxylation is 2. The molecule has 0 spiro atoms. The van der Waals surface area contributed by atoms with Gasteiger partial charge in [0.2, 0.25) is 0 Å². The van der Waals surface area contributed by atoms with Gasteiger partial charge in [-0.25, -0.2) is 0 Å². The third-order valence-electron chi connectivity index (χ3n) is 5.05. The van der Waals surface area contributed by atoms with Crippen LogP contribution in [0.2, 0.25) is 0 Å². The number of carbonyl (C=O) groups is 2. The summed E-state index contributed by atoms with van der Waals surface area (Å²) >= 11 is 0. The molecule has 0 N–H and O–H groups in total. The summed E-state index contributed by atoms with van der Waals surface area (Å²) in [6, 6.07) is 12.8. The summed E-state index contributed by atoms with van der Waals surface area (Å²) in [6.45, 7) is 2.22. The van der Waals surface area contributed by atoms with Gasteiger partial charge in [0.25, 0.3) is 11.8 Å². The van der Waals surface area contributed by atoms with Crippen molar-refractivity contribution < 1.29 is 14.3 Å². The molecule has 4 rings (SSSR count). The fourth-order valence-corrected chi connectivity index (χ4v) is 3.90. The maximum absolute atomic E-state index is 13.3. The number of fused-ring (bicyclic) bond motifs is 3. The molecule has 132 valence electrons. The second kappa shape index (κ2) is 6.11. The summed E-state index contributed by atoms with van der Waals surface area (Å²) < 4.78 is 7.31. The first-order valence-electron chi connectivity index (χ1n) is 8.55. The van der Waals surface area contributed by atoms with Crippen molar-refractivity contribution in [2.24, 2.45) is 7.05 Å². The van der Waals surface area contributed by atoms with Crippen LogP contribution >= 0.6 is 0 Å². The Bertz CT molecular complexity index is 1020. The fraction of sp³-hybridized carbons (Fsp3) is 0.238. The number of hydrogen-bond donors (Lipinski definition) is 0. The van der Waals surface area contributed by atoms with E-state index in [1.54, 1.807) is 7.11 Å². The van der Waals surface area contributed by atoms with Gasteiger partial charge in [0.05, 0.1) is 29.3 Å². The zero-order valence-electron chi connectivity index (χ0n) is 15.0. The monoisotopic (exact) mass is 348 g/mol. The first-order valence-corrected chi connectivity index (χ1v) is 8.55. The van der Waals surface area contributed by atoms with Crippen LogP contribution in [0.4, 0.5) is 0 Å². The lowest BCUT2D eigenvalue weighted by Gasteiger charge is -2.26. The average Bonchev–Trinajstić information content (AvgIpc) is 3.13. The molecule has 1 aliphatic heterocycles. The molecule has 5 nitrogen and oxygen atoms in total. The van der Waals surface area contributed by atoms with Crippen molar-refractivity contribution in [3.63, 3.8) is 0 Å². The number of nitrogens with zero attached hydrogens (tertiary/aromatic N) is 2. The highest BCUT2D eigenvalue weighted by molar-refractivity contribution is 6.26. The van der Waals surface area contributed by atoms with Gasteiger partial charge in [-0.2, -0.15) is 0 Å². The lowest BCUT2D eigenvalue weighted by Crippen LogP contribution is -2.36. The van der Waals surface area contributed by atoms with E-state index in [1.807, 2.05) is 67.2 Å². The molecule has 0 radical (unpaired) electrons. The minimum Gasteiger partial charge on any atom is -0.382 e. The van der Waals surface area contributed by atoms with Crippen molar-refractivity contribution in [3.05, 3.63) is 70.9 Å². The predicted octanol–water partition coefficient (Wildman–Crippen LogP) is 3.47. The van der Waals surface area contributed by atoms with Crippen molar-refractivity contribution in [2.75, 3.05) is 13.7 Å². The number of hydrogen-bond acceptors (Lipinski definition) is 3. The zero-order valence-corrected chi connectivity index (χ0v) is 15.0. The van der Waals surface area contributed by atoms with Gasteiger partial charge in [-0.05, 0) is 30.2 Å². The zero-order chi connectivity index (χ0) is 18.4. The summed E-state index contributed by atoms with van der Waals surface area (Å²) in [7, 11) is 3.52. The standard InChI is InChI=1S/C21H20N2O3/c1-13-11-16-18(15-9-10-22(2)19(13)15)21(25)23(20(16)24)17(12-26-3)14-7-5-4-6-8-14/h4-11,17H,12H2,1-3H3/t17-/m0/s1. The molecule has 0 saturated carbocycles. The van der Waals surface area contributed by atoms with E-state index in [0.29, 0.717) is 11.1 Å². The number of aromatic nitrogens is 1. The van der Waals surface area contributed by atoms with Gasteiger partial charge in [0, 0.05) is 25.7 Å². The van der Waals surface area contributed by atoms with Crippen LogP contribution < -0.4 is 0 Å². The highest BCUT2D eigenvalue weighted by Gasteiger charge is 2.42. The quantitative estimate of drug-likeness (QED) is 0.679. The lowest BCUT2D eigenvalue weighted by molar-refractivity contribution is 0.0470. The van der Waals surface area contributed by atoms with Crippen LogP contribution in [0.3, 0.4) is 0 Å². The van der Waals surface area contributed by atoms with Gasteiger partial charge in [-0.3, -0.25) is 14.5 Å². The Balaban J connectivity index is 1.88. The minimum absolute atomic E-state index is 0.256. The maximum Gasteiger partial charge on any atom is 0.262 e. The normalized spacial score (nSPS) is 15.0. The molecular formula is C21H20N2O3. The molecule has 1 aromatic heterocycles. The Morgan fingerprint density at radius 1 is 1.08 bits per heavy atom. The van der Waals surface area contributed by atoms with E-state index in [0.717, 1.165) is 22.0 Å². The van der Waals surface area contributed by atoms with Crippen molar-refractivity contribution in [1.82, 2.24) is 9.47 Å². The highest BCUT2D eigenvalue weighted by Crippen LogP contribution is 2.37. The summed E-state index contributed by atoms with van der Waals surface area (Å²) in [5.74, 6) is -0.517. The predicted molar refractivity (Wildman–Crippen MR) is 99.2 cm³/mol. The first-order chi connectivity index (χ1) is 12.5. The summed E-state index contributed by atoms with van der Waals surface area (Å²) in [6.07, 6.45) is 1.92. The van der Waals surface area contributed by atoms with Gasteiger partial charge in [0.15, 0.2) is 0 Å². The second-order valence-corrected chi connectivity index (χ2v) is 6.67. The molecule has 2 aromatic carbocycles. The van der Waals surface area contributed by atoms with Crippen LogP contribution in [0.1, 0.15) is 37.9 Å². The molecule has 3 aromatic rings. The number of imide groups is 1. The molecular weight excluding hydrogens is 328 g/mol. The largest absolute Gasteiger partial charge is 0.382 e. The molecule has 2 heterocycles. The van der Waals surface area contributed by atoms with E-state index in [-0.39, 0.29) is 18.4 Å². The van der Waals surface area contributed by atoms with Gasteiger partial charge in [-0.15, -0.1) is 0 Å². The fourth-order valence-electron chi connectivity index (χ4n) is 3.90. The van der Waals surface area contributed by atoms with Crippen molar-refractivity contribution in [1.29, 1.82) is 0 Å². The van der Waals surface area contributed by atoms with Gasteiger partial charge in [-0.1, -0.05) is 30.3 Å². The first kappa shape index (κ1) is 16.5. The molecule has 5 heteroatoms. The van der Waals surface area contributed by atoms with Crippen LogP contribution in [0.25, 0.3) is 10.9 Å². The van der Waals surface area contributed by atoms with Crippen molar-refractivity contribution in [3.8, 4) is 0 Å². The Hall–Kier alpha value is -2.92. The maximum atomic E-state index is 13.3. The number of amides is 2. The van der Waals surface area contributed by atoms with E-state index in [1.165, 1.54) is 4.90 Å². The molecule has 0 fully saturated rings. The van der Waals surface area contributed by atoms with E-state index in [4.69, 9.17) is 4.74 Å². The van der Waals surface area contributed by atoms with Gasteiger partial charge >= 0.3 is 0 Å². The Morgan fingerprint density at radius 3 is 2.50 bits per heavy atom.